The minimum Gasteiger partial charge on any atom is -0.494 e. The van der Waals surface area contributed by atoms with Gasteiger partial charge in [0.15, 0.2) is 0 Å². The van der Waals surface area contributed by atoms with Crippen molar-refractivity contribution in [1.29, 1.82) is 5.26 Å². The zero-order valence-electron chi connectivity index (χ0n) is 19.0. The lowest BCUT2D eigenvalue weighted by molar-refractivity contribution is -0.0852. The number of pyridine rings is 1. The summed E-state index contributed by atoms with van der Waals surface area (Å²) in [5.41, 5.74) is 0.458. The van der Waals surface area contributed by atoms with E-state index in [9.17, 15) is 20.3 Å². The van der Waals surface area contributed by atoms with Crippen LogP contribution in [-0.2, 0) is 22.5 Å². The van der Waals surface area contributed by atoms with Gasteiger partial charge in [0.2, 0.25) is 11.8 Å². The van der Waals surface area contributed by atoms with Gasteiger partial charge in [-0.1, -0.05) is 35.9 Å². The normalized spacial score (nSPS) is 22.4. The third kappa shape index (κ3) is 2.97. The number of ether oxygens (including phenoxy) is 1. The number of halogens is 1. The molecule has 0 spiro atoms. The topological polar surface area (TPSA) is 100 Å². The van der Waals surface area contributed by atoms with Gasteiger partial charge in [-0.3, -0.25) is 9.36 Å². The van der Waals surface area contributed by atoms with E-state index in [-0.39, 0.29) is 17.3 Å². The summed E-state index contributed by atoms with van der Waals surface area (Å²) in [6, 6.07) is 16.0. The number of rotatable bonds is 4. The lowest BCUT2D eigenvalue weighted by Crippen LogP contribution is -2.28. The SMILES string of the molecule is C[C@]12CC[C@](CCn3cc(Cl)ccc3=O)(O1)c1c2c(O)n(-c2ccc(C#N)c3ccccc23)c1O. The van der Waals surface area contributed by atoms with Gasteiger partial charge >= 0.3 is 0 Å². The van der Waals surface area contributed by atoms with Crippen molar-refractivity contribution in [3.8, 4) is 23.5 Å². The molecule has 6 rings (SSSR count). The molecule has 4 aromatic rings. The van der Waals surface area contributed by atoms with Gasteiger partial charge in [0.05, 0.1) is 39.1 Å². The largest absolute Gasteiger partial charge is 0.494 e. The molecule has 0 unspecified atom stereocenters. The van der Waals surface area contributed by atoms with Gasteiger partial charge in [-0.25, -0.2) is 0 Å². The Morgan fingerprint density at radius 2 is 1.80 bits per heavy atom. The maximum Gasteiger partial charge on any atom is 0.250 e. The highest BCUT2D eigenvalue weighted by Crippen LogP contribution is 2.65. The van der Waals surface area contributed by atoms with E-state index in [2.05, 4.69) is 6.07 Å². The van der Waals surface area contributed by atoms with Crippen molar-refractivity contribution in [3.05, 3.63) is 86.8 Å². The maximum atomic E-state index is 12.3. The third-order valence-corrected chi connectivity index (χ3v) is 7.72. The summed E-state index contributed by atoms with van der Waals surface area (Å²) in [4.78, 5) is 12.3. The molecule has 7 nitrogen and oxygen atoms in total. The highest BCUT2D eigenvalue weighted by molar-refractivity contribution is 6.30. The average molecular weight is 488 g/mol. The third-order valence-electron chi connectivity index (χ3n) is 7.50. The molecular formula is C27H22ClN3O4. The summed E-state index contributed by atoms with van der Waals surface area (Å²) in [7, 11) is 0. The summed E-state index contributed by atoms with van der Waals surface area (Å²) >= 11 is 6.09. The highest BCUT2D eigenvalue weighted by atomic mass is 35.5. The molecule has 0 aliphatic carbocycles. The van der Waals surface area contributed by atoms with Gasteiger partial charge in [-0.15, -0.1) is 0 Å². The van der Waals surface area contributed by atoms with Crippen LogP contribution in [0.3, 0.4) is 0 Å². The fourth-order valence-corrected chi connectivity index (χ4v) is 6.07. The number of fused-ring (bicyclic) bond motifs is 6. The van der Waals surface area contributed by atoms with E-state index >= 15 is 0 Å². The Morgan fingerprint density at radius 3 is 2.57 bits per heavy atom. The second-order valence-electron chi connectivity index (χ2n) is 9.48. The number of nitriles is 1. The molecule has 0 radical (unpaired) electrons. The summed E-state index contributed by atoms with van der Waals surface area (Å²) in [6.45, 7) is 2.27. The smallest absolute Gasteiger partial charge is 0.250 e. The van der Waals surface area contributed by atoms with Gasteiger partial charge in [-0.05, 0) is 44.4 Å². The van der Waals surface area contributed by atoms with Crippen molar-refractivity contribution < 1.29 is 14.9 Å². The monoisotopic (exact) mass is 487 g/mol. The van der Waals surface area contributed by atoms with E-state index in [1.165, 1.54) is 15.2 Å². The first-order chi connectivity index (χ1) is 16.8. The number of nitrogens with zero attached hydrogens (tertiary/aromatic N) is 3. The maximum absolute atomic E-state index is 12.3. The summed E-state index contributed by atoms with van der Waals surface area (Å²) in [6.07, 6.45) is 3.35. The number of hydrogen-bond donors (Lipinski definition) is 2. The highest BCUT2D eigenvalue weighted by Gasteiger charge is 2.61. The van der Waals surface area contributed by atoms with E-state index < -0.39 is 11.2 Å². The molecule has 0 saturated carbocycles. The van der Waals surface area contributed by atoms with E-state index in [1.54, 1.807) is 24.4 Å². The first kappa shape index (κ1) is 21.8. The Kier molecular flexibility index (Phi) is 4.59. The Labute approximate surface area is 206 Å². The molecule has 2 aromatic heterocycles. The first-order valence-electron chi connectivity index (χ1n) is 11.4. The van der Waals surface area contributed by atoms with Crippen LogP contribution < -0.4 is 5.56 Å². The van der Waals surface area contributed by atoms with E-state index in [0.717, 1.165) is 10.8 Å². The zero-order chi connectivity index (χ0) is 24.5. The second kappa shape index (κ2) is 7.38. The van der Waals surface area contributed by atoms with Crippen LogP contribution in [0.25, 0.3) is 16.5 Å². The van der Waals surface area contributed by atoms with Crippen LogP contribution in [0.4, 0.5) is 0 Å². The summed E-state index contributed by atoms with van der Waals surface area (Å²) in [5.74, 6) is -0.161. The molecule has 2 atom stereocenters. The molecule has 1 saturated heterocycles. The standard InChI is InChI=1S/C27H22ClN3O4/c1-26-10-11-27(35-26,12-13-30-15-17(28)7-9-21(30)32)23-22(26)24(33)31(25(23)34)20-8-6-16(14-29)18-4-2-3-5-19(18)20/h2-9,15,33-34H,10-13H2,1H3/t26-,27-/m1/s1. The number of aromatic hydroxyl groups is 2. The van der Waals surface area contributed by atoms with Crippen molar-refractivity contribution in [2.75, 3.05) is 0 Å². The predicted molar refractivity (Wildman–Crippen MR) is 131 cm³/mol. The van der Waals surface area contributed by atoms with Crippen molar-refractivity contribution in [2.24, 2.45) is 0 Å². The molecule has 4 heterocycles. The number of aryl methyl sites for hydroxylation is 1. The van der Waals surface area contributed by atoms with Gasteiger partial charge in [0.1, 0.15) is 5.60 Å². The average Bonchev–Trinajstić information content (AvgIpc) is 3.43. The number of benzene rings is 2. The summed E-state index contributed by atoms with van der Waals surface area (Å²) < 4.78 is 9.48. The Bertz CT molecular complexity index is 1630. The second-order valence-corrected chi connectivity index (χ2v) is 9.91. The van der Waals surface area contributed by atoms with E-state index in [0.29, 0.717) is 53.2 Å². The van der Waals surface area contributed by atoms with Crippen LogP contribution >= 0.6 is 11.6 Å². The van der Waals surface area contributed by atoms with Gasteiger partial charge in [0, 0.05) is 29.6 Å². The van der Waals surface area contributed by atoms with Crippen molar-refractivity contribution in [1.82, 2.24) is 9.13 Å². The Morgan fingerprint density at radius 1 is 1.06 bits per heavy atom. The molecule has 2 bridgehead atoms. The van der Waals surface area contributed by atoms with Crippen LogP contribution in [-0.4, -0.2) is 19.3 Å². The van der Waals surface area contributed by atoms with Crippen LogP contribution in [0.15, 0.2) is 59.5 Å². The van der Waals surface area contributed by atoms with Gasteiger partial charge in [-0.2, -0.15) is 5.26 Å². The van der Waals surface area contributed by atoms with E-state index in [4.69, 9.17) is 16.3 Å². The molecule has 35 heavy (non-hydrogen) atoms. The van der Waals surface area contributed by atoms with Crippen molar-refractivity contribution in [2.45, 2.75) is 43.9 Å². The van der Waals surface area contributed by atoms with Crippen LogP contribution in [0.1, 0.15) is 42.9 Å². The number of aromatic nitrogens is 2. The van der Waals surface area contributed by atoms with Crippen molar-refractivity contribution in [3.63, 3.8) is 0 Å². The first-order valence-corrected chi connectivity index (χ1v) is 11.8. The quantitative estimate of drug-likeness (QED) is 0.419. The molecule has 2 N–H and O–H groups in total. The van der Waals surface area contributed by atoms with E-state index in [1.807, 2.05) is 31.2 Å². The molecule has 1 fully saturated rings. The number of hydrogen-bond acceptors (Lipinski definition) is 5. The van der Waals surface area contributed by atoms with Gasteiger partial charge in [0.25, 0.3) is 5.56 Å². The molecule has 2 aromatic carbocycles. The lowest BCUT2D eigenvalue weighted by atomic mass is 9.78. The minimum absolute atomic E-state index is 0.0728. The minimum atomic E-state index is -0.846. The zero-order valence-corrected chi connectivity index (χ0v) is 19.7. The molecule has 8 heteroatoms. The Balaban J connectivity index is 1.51. The van der Waals surface area contributed by atoms with Crippen LogP contribution in [0.2, 0.25) is 5.02 Å². The molecular weight excluding hydrogens is 466 g/mol. The van der Waals surface area contributed by atoms with Crippen molar-refractivity contribution >= 4 is 22.4 Å². The molecule has 176 valence electrons. The van der Waals surface area contributed by atoms with Crippen LogP contribution in [0, 0.1) is 11.3 Å². The molecule has 2 aliphatic heterocycles. The van der Waals surface area contributed by atoms with Crippen LogP contribution in [0.5, 0.6) is 11.8 Å². The molecule has 2 aliphatic rings. The Hall–Kier alpha value is -3.73. The predicted octanol–water partition coefficient (Wildman–Crippen LogP) is 5.05. The fourth-order valence-electron chi connectivity index (χ4n) is 5.89. The lowest BCUT2D eigenvalue weighted by Gasteiger charge is -2.26. The molecule has 0 amide bonds. The fraction of sp³-hybridized carbons (Fsp3) is 0.259. The summed E-state index contributed by atoms with van der Waals surface area (Å²) in [5, 5.41) is 34.4. The van der Waals surface area contributed by atoms with Gasteiger partial charge < -0.3 is 19.5 Å².